The lowest BCUT2D eigenvalue weighted by Crippen LogP contribution is -2.43. The number of hydrogen-bond donors (Lipinski definition) is 1. The molecule has 1 aromatic rings. The topological polar surface area (TPSA) is 69.6 Å². The number of aromatic nitrogens is 2. The molecule has 0 aromatic carbocycles. The van der Waals surface area contributed by atoms with E-state index in [-0.39, 0.29) is 11.8 Å². The summed E-state index contributed by atoms with van der Waals surface area (Å²) < 4.78 is 0. The van der Waals surface area contributed by atoms with Gasteiger partial charge in [0, 0.05) is 31.4 Å². The number of carbonyl (C=O) groups is 1. The molecule has 0 bridgehead atoms. The van der Waals surface area contributed by atoms with Crippen LogP contribution in [-0.4, -0.2) is 70.1 Å². The molecule has 0 aliphatic carbocycles. The van der Waals surface area contributed by atoms with Gasteiger partial charge in [0.05, 0.1) is 17.7 Å². The van der Waals surface area contributed by atoms with Gasteiger partial charge in [-0.3, -0.25) is 4.79 Å². The quantitative estimate of drug-likeness (QED) is 0.886. The normalized spacial score (nSPS) is 22.3. The molecule has 116 valence electrons. The Morgan fingerprint density at radius 2 is 2.05 bits per heavy atom. The zero-order valence-electron chi connectivity index (χ0n) is 13.2. The third-order valence-corrected chi connectivity index (χ3v) is 3.67. The highest BCUT2D eigenvalue weighted by atomic mass is 16.3. The van der Waals surface area contributed by atoms with Gasteiger partial charge in [-0.1, -0.05) is 13.8 Å². The first-order valence-electron chi connectivity index (χ1n) is 7.29. The van der Waals surface area contributed by atoms with Gasteiger partial charge in [0.1, 0.15) is 5.82 Å². The fourth-order valence-corrected chi connectivity index (χ4v) is 2.68. The summed E-state index contributed by atoms with van der Waals surface area (Å²) in [7, 11) is 3.84. The van der Waals surface area contributed by atoms with Gasteiger partial charge in [0.25, 0.3) is 5.91 Å². The van der Waals surface area contributed by atoms with Crippen molar-refractivity contribution in [3.63, 3.8) is 0 Å². The molecule has 1 saturated heterocycles. The van der Waals surface area contributed by atoms with Crippen LogP contribution < -0.4 is 0 Å². The minimum atomic E-state index is -0.822. The number of carbonyl (C=O) groups excluding carboxylic acids is 1. The van der Waals surface area contributed by atoms with E-state index in [9.17, 15) is 9.90 Å². The third-order valence-electron chi connectivity index (χ3n) is 3.67. The molecular formula is C15H24N4O2. The van der Waals surface area contributed by atoms with E-state index >= 15 is 0 Å². The molecule has 0 saturated carbocycles. The molecule has 2 heterocycles. The van der Waals surface area contributed by atoms with Crippen molar-refractivity contribution < 1.29 is 9.90 Å². The Labute approximate surface area is 125 Å². The van der Waals surface area contributed by atoms with E-state index in [2.05, 4.69) is 9.97 Å². The van der Waals surface area contributed by atoms with Crippen LogP contribution in [0.15, 0.2) is 12.4 Å². The molecule has 0 unspecified atom stereocenters. The van der Waals surface area contributed by atoms with Crippen molar-refractivity contribution in [1.29, 1.82) is 0 Å². The Morgan fingerprint density at radius 3 is 2.57 bits per heavy atom. The van der Waals surface area contributed by atoms with Crippen molar-refractivity contribution in [1.82, 2.24) is 19.8 Å². The number of likely N-dealkylation sites (tertiary alicyclic amines) is 1. The first kappa shape index (κ1) is 15.9. The van der Waals surface area contributed by atoms with Crippen LogP contribution >= 0.6 is 0 Å². The molecule has 6 nitrogen and oxygen atoms in total. The molecular weight excluding hydrogens is 268 g/mol. The van der Waals surface area contributed by atoms with Crippen molar-refractivity contribution in [2.24, 2.45) is 0 Å². The molecule has 2 rings (SSSR count). The van der Waals surface area contributed by atoms with Crippen LogP contribution in [0.4, 0.5) is 0 Å². The Hall–Kier alpha value is -1.53. The maximum absolute atomic E-state index is 12.4. The number of rotatable bonds is 4. The average Bonchev–Trinajstić information content (AvgIpc) is 2.79. The van der Waals surface area contributed by atoms with Gasteiger partial charge in [-0.2, -0.15) is 0 Å². The maximum atomic E-state index is 12.4. The Balaban J connectivity index is 2.04. The van der Waals surface area contributed by atoms with Gasteiger partial charge in [-0.25, -0.2) is 9.97 Å². The Bertz CT molecular complexity index is 501. The second-order valence-corrected chi connectivity index (χ2v) is 6.42. The van der Waals surface area contributed by atoms with Crippen LogP contribution in [-0.2, 0) is 0 Å². The summed E-state index contributed by atoms with van der Waals surface area (Å²) in [5.74, 6) is 0.864. The lowest BCUT2D eigenvalue weighted by molar-refractivity contribution is 0.0236. The summed E-state index contributed by atoms with van der Waals surface area (Å²) in [6.45, 7) is 5.50. The largest absolute Gasteiger partial charge is 0.387 e. The predicted molar refractivity (Wildman–Crippen MR) is 80.1 cm³/mol. The molecule has 1 N–H and O–H groups in total. The van der Waals surface area contributed by atoms with E-state index in [0.717, 1.165) is 5.82 Å². The van der Waals surface area contributed by atoms with Gasteiger partial charge < -0.3 is 14.9 Å². The number of nitrogens with zero attached hydrogens (tertiary/aromatic N) is 4. The summed E-state index contributed by atoms with van der Waals surface area (Å²) in [4.78, 5) is 24.5. The minimum Gasteiger partial charge on any atom is -0.387 e. The summed E-state index contributed by atoms with van der Waals surface area (Å²) in [6.07, 6.45) is 3.75. The molecule has 1 aliphatic rings. The molecule has 1 amide bonds. The summed E-state index contributed by atoms with van der Waals surface area (Å²) in [6, 6.07) is 0. The molecule has 0 radical (unpaired) electrons. The zero-order chi connectivity index (χ0) is 15.6. The smallest absolute Gasteiger partial charge is 0.257 e. The molecule has 1 aromatic heterocycles. The van der Waals surface area contributed by atoms with Crippen molar-refractivity contribution in [3.8, 4) is 0 Å². The predicted octanol–water partition coefficient (Wildman–Crippen LogP) is 0.739. The number of amides is 1. The summed E-state index contributed by atoms with van der Waals surface area (Å²) in [5, 5.41) is 10.5. The van der Waals surface area contributed by atoms with Gasteiger partial charge in [-0.15, -0.1) is 0 Å². The highest BCUT2D eigenvalue weighted by molar-refractivity contribution is 5.93. The monoisotopic (exact) mass is 292 g/mol. The van der Waals surface area contributed by atoms with Crippen molar-refractivity contribution in [2.75, 3.05) is 33.7 Å². The lowest BCUT2D eigenvalue weighted by Gasteiger charge is -2.26. The molecule has 1 atom stereocenters. The van der Waals surface area contributed by atoms with E-state index in [4.69, 9.17) is 0 Å². The second kappa shape index (κ2) is 6.07. The third kappa shape index (κ3) is 3.77. The average molecular weight is 292 g/mol. The van der Waals surface area contributed by atoms with Crippen LogP contribution in [0.1, 0.15) is 42.4 Å². The van der Waals surface area contributed by atoms with Crippen molar-refractivity contribution in [3.05, 3.63) is 23.8 Å². The molecule has 1 fully saturated rings. The van der Waals surface area contributed by atoms with Crippen LogP contribution in [0.25, 0.3) is 0 Å². The van der Waals surface area contributed by atoms with Crippen LogP contribution in [0, 0.1) is 0 Å². The van der Waals surface area contributed by atoms with Gasteiger partial charge >= 0.3 is 0 Å². The van der Waals surface area contributed by atoms with E-state index in [1.54, 1.807) is 17.3 Å². The van der Waals surface area contributed by atoms with Crippen LogP contribution in [0.3, 0.4) is 0 Å². The fourth-order valence-electron chi connectivity index (χ4n) is 2.68. The van der Waals surface area contributed by atoms with E-state index < -0.39 is 5.60 Å². The van der Waals surface area contributed by atoms with Crippen LogP contribution in [0.5, 0.6) is 0 Å². The molecule has 21 heavy (non-hydrogen) atoms. The molecule has 0 spiro atoms. The van der Waals surface area contributed by atoms with E-state index in [1.165, 1.54) is 0 Å². The summed E-state index contributed by atoms with van der Waals surface area (Å²) in [5.41, 5.74) is -0.341. The number of likely N-dealkylation sites (N-methyl/N-ethyl adjacent to an activating group) is 1. The van der Waals surface area contributed by atoms with Crippen molar-refractivity contribution >= 4 is 5.91 Å². The summed E-state index contributed by atoms with van der Waals surface area (Å²) >= 11 is 0. The maximum Gasteiger partial charge on any atom is 0.257 e. The van der Waals surface area contributed by atoms with Gasteiger partial charge in [0.2, 0.25) is 0 Å². The molecule has 1 aliphatic heterocycles. The highest BCUT2D eigenvalue weighted by Gasteiger charge is 2.38. The molecule has 6 heteroatoms. The fraction of sp³-hybridized carbons (Fsp3) is 0.667. The number of β-amino-alcohol motifs (C(OH)–C–C–N with tert-alkyl or cyclic N) is 1. The standard InChI is InChI=1S/C15H24N4O2/c1-11(2)13-16-7-12(8-17-13)14(20)19-6-5-15(21,10-19)9-18(3)4/h7-8,11,21H,5-6,9-10H2,1-4H3/t15-/m1/s1. The first-order chi connectivity index (χ1) is 9.81. The van der Waals surface area contributed by atoms with E-state index in [0.29, 0.717) is 31.6 Å². The zero-order valence-corrected chi connectivity index (χ0v) is 13.2. The Kier molecular flexibility index (Phi) is 4.58. The first-order valence-corrected chi connectivity index (χ1v) is 7.29. The SMILES string of the molecule is CC(C)c1ncc(C(=O)N2CC[C@@](O)(CN(C)C)C2)cn1. The van der Waals surface area contributed by atoms with Crippen LogP contribution in [0.2, 0.25) is 0 Å². The van der Waals surface area contributed by atoms with Crippen molar-refractivity contribution in [2.45, 2.75) is 31.8 Å². The number of hydrogen-bond acceptors (Lipinski definition) is 5. The lowest BCUT2D eigenvalue weighted by atomic mass is 10.0. The second-order valence-electron chi connectivity index (χ2n) is 6.42. The minimum absolute atomic E-state index is 0.111. The highest BCUT2D eigenvalue weighted by Crippen LogP contribution is 2.23. The van der Waals surface area contributed by atoms with Gasteiger partial charge in [0.15, 0.2) is 0 Å². The Morgan fingerprint density at radius 1 is 1.43 bits per heavy atom. The van der Waals surface area contributed by atoms with E-state index in [1.807, 2.05) is 32.8 Å². The number of aliphatic hydroxyl groups is 1. The van der Waals surface area contributed by atoms with Gasteiger partial charge in [-0.05, 0) is 20.5 Å².